The van der Waals surface area contributed by atoms with Crippen molar-refractivity contribution >= 4 is 38.8 Å². The zero-order chi connectivity index (χ0) is 19.5. The maximum absolute atomic E-state index is 6.68. The Kier molecular flexibility index (Phi) is 3.93. The number of halogens is 1. The Morgan fingerprint density at radius 1 is 0.857 bits per heavy atom. The average Bonchev–Trinajstić information content (AvgIpc) is 2.67. The lowest BCUT2D eigenvalue weighted by molar-refractivity contribution is 0.264. The summed E-state index contributed by atoms with van der Waals surface area (Å²) in [5, 5.41) is 5.82. The number of nitrogen functional groups attached to an aromatic ring is 1. The van der Waals surface area contributed by atoms with Gasteiger partial charge in [0.15, 0.2) is 0 Å². The first kappa shape index (κ1) is 17.6. The number of fused-ring (bicyclic) bond motifs is 5. The van der Waals surface area contributed by atoms with Crippen LogP contribution in [0.5, 0.6) is 0 Å². The predicted octanol–water partition coefficient (Wildman–Crippen LogP) is 7.14. The fraction of sp³-hybridized carbons (Fsp3) is 0.231. The third kappa shape index (κ3) is 2.69. The standard InChI is InChI=1S/C26H24ClN/c1-26(2)15-23-16(13-24(26)17-6-5-7-18(28)12-17)10-11-20-19-8-3-4-9-21(19)25(27)14-22(20)23/h3-12,14,24H,13,15,28H2,1-2H3. The quantitative estimate of drug-likeness (QED) is 0.273. The summed E-state index contributed by atoms with van der Waals surface area (Å²) in [7, 11) is 0. The van der Waals surface area contributed by atoms with E-state index in [2.05, 4.69) is 74.5 Å². The highest BCUT2D eigenvalue weighted by Crippen LogP contribution is 2.48. The Hall–Kier alpha value is -2.51. The van der Waals surface area contributed by atoms with E-state index in [-0.39, 0.29) is 5.41 Å². The maximum Gasteiger partial charge on any atom is 0.0490 e. The van der Waals surface area contributed by atoms with Gasteiger partial charge < -0.3 is 5.73 Å². The zero-order valence-corrected chi connectivity index (χ0v) is 17.1. The van der Waals surface area contributed by atoms with E-state index in [9.17, 15) is 0 Å². The highest BCUT2D eigenvalue weighted by atomic mass is 35.5. The van der Waals surface area contributed by atoms with Crippen molar-refractivity contribution in [2.45, 2.75) is 32.6 Å². The lowest BCUT2D eigenvalue weighted by Crippen LogP contribution is -2.31. The van der Waals surface area contributed by atoms with E-state index in [1.54, 1.807) is 0 Å². The monoisotopic (exact) mass is 385 g/mol. The summed E-state index contributed by atoms with van der Waals surface area (Å²) in [6.45, 7) is 4.76. The minimum Gasteiger partial charge on any atom is -0.399 e. The van der Waals surface area contributed by atoms with Gasteiger partial charge in [-0.2, -0.15) is 0 Å². The normalized spacial score (nSPS) is 18.3. The van der Waals surface area contributed by atoms with Gasteiger partial charge in [0, 0.05) is 16.1 Å². The van der Waals surface area contributed by atoms with Crippen LogP contribution in [0.4, 0.5) is 5.69 Å². The van der Waals surface area contributed by atoms with Gasteiger partial charge in [0.05, 0.1) is 0 Å². The van der Waals surface area contributed by atoms with Crippen LogP contribution in [-0.4, -0.2) is 0 Å². The number of rotatable bonds is 1. The van der Waals surface area contributed by atoms with Gasteiger partial charge >= 0.3 is 0 Å². The Balaban J connectivity index is 1.71. The first-order chi connectivity index (χ1) is 13.4. The van der Waals surface area contributed by atoms with E-state index in [0.717, 1.165) is 28.9 Å². The summed E-state index contributed by atoms with van der Waals surface area (Å²) in [6.07, 6.45) is 2.07. The van der Waals surface area contributed by atoms with Crippen molar-refractivity contribution in [2.75, 3.05) is 5.73 Å². The molecule has 0 spiro atoms. The number of hydrogen-bond acceptors (Lipinski definition) is 1. The molecule has 2 N–H and O–H groups in total. The molecule has 1 aliphatic carbocycles. The fourth-order valence-electron chi connectivity index (χ4n) is 5.06. The van der Waals surface area contributed by atoms with Crippen LogP contribution in [0.25, 0.3) is 21.5 Å². The van der Waals surface area contributed by atoms with E-state index in [4.69, 9.17) is 17.3 Å². The molecular formula is C26H24ClN. The third-order valence-corrected chi connectivity index (χ3v) is 6.83. The second-order valence-electron chi connectivity index (χ2n) is 8.79. The second-order valence-corrected chi connectivity index (χ2v) is 9.20. The molecule has 0 aliphatic heterocycles. The summed E-state index contributed by atoms with van der Waals surface area (Å²) >= 11 is 6.68. The van der Waals surface area contributed by atoms with Gasteiger partial charge in [0.1, 0.15) is 0 Å². The van der Waals surface area contributed by atoms with Gasteiger partial charge in [-0.25, -0.2) is 0 Å². The van der Waals surface area contributed by atoms with Crippen molar-refractivity contribution in [1.29, 1.82) is 0 Å². The number of anilines is 1. The van der Waals surface area contributed by atoms with Crippen molar-refractivity contribution in [3.63, 3.8) is 0 Å². The van der Waals surface area contributed by atoms with E-state index in [0.29, 0.717) is 5.92 Å². The molecule has 0 heterocycles. The molecule has 0 aromatic heterocycles. The summed E-state index contributed by atoms with van der Waals surface area (Å²) in [5.74, 6) is 0.455. The average molecular weight is 386 g/mol. The molecule has 0 bridgehead atoms. The molecule has 2 heteroatoms. The SMILES string of the molecule is CC1(C)Cc2c(ccc3c2cc(Cl)c2ccccc23)CC1c1cccc(N)c1. The summed E-state index contributed by atoms with van der Waals surface area (Å²) in [4.78, 5) is 0. The van der Waals surface area contributed by atoms with E-state index in [1.165, 1.54) is 32.8 Å². The van der Waals surface area contributed by atoms with Gasteiger partial charge in [-0.1, -0.05) is 74.0 Å². The lowest BCUT2D eigenvalue weighted by atomic mass is 9.63. The second kappa shape index (κ2) is 6.25. The van der Waals surface area contributed by atoms with Crippen LogP contribution >= 0.6 is 11.6 Å². The molecule has 1 atom stereocenters. The van der Waals surface area contributed by atoms with Gasteiger partial charge in [-0.3, -0.25) is 0 Å². The van der Waals surface area contributed by atoms with Crippen LogP contribution < -0.4 is 5.73 Å². The van der Waals surface area contributed by atoms with E-state index >= 15 is 0 Å². The van der Waals surface area contributed by atoms with Crippen molar-refractivity contribution in [2.24, 2.45) is 5.41 Å². The molecule has 0 fully saturated rings. The topological polar surface area (TPSA) is 26.0 Å². The van der Waals surface area contributed by atoms with Gasteiger partial charge in [-0.15, -0.1) is 0 Å². The molecule has 5 rings (SSSR count). The minimum atomic E-state index is 0.146. The highest BCUT2D eigenvalue weighted by Gasteiger charge is 2.36. The molecule has 1 aliphatic rings. The van der Waals surface area contributed by atoms with Crippen molar-refractivity contribution in [3.05, 3.63) is 88.4 Å². The molecule has 0 saturated carbocycles. The Morgan fingerprint density at radius 3 is 2.39 bits per heavy atom. The highest BCUT2D eigenvalue weighted by molar-refractivity contribution is 6.37. The lowest BCUT2D eigenvalue weighted by Gasteiger charge is -2.41. The maximum atomic E-state index is 6.68. The molecular weight excluding hydrogens is 362 g/mol. The molecule has 1 unspecified atom stereocenters. The van der Waals surface area contributed by atoms with Crippen molar-refractivity contribution in [3.8, 4) is 0 Å². The number of hydrogen-bond donors (Lipinski definition) is 1. The van der Waals surface area contributed by atoms with Crippen LogP contribution in [0.1, 0.15) is 36.5 Å². The summed E-state index contributed by atoms with van der Waals surface area (Å²) in [5.41, 5.74) is 11.3. The molecule has 0 amide bonds. The van der Waals surface area contributed by atoms with Gasteiger partial charge in [0.2, 0.25) is 0 Å². The van der Waals surface area contributed by atoms with Crippen molar-refractivity contribution in [1.82, 2.24) is 0 Å². The number of nitrogens with two attached hydrogens (primary N) is 1. The largest absolute Gasteiger partial charge is 0.399 e. The molecule has 0 radical (unpaired) electrons. The molecule has 4 aromatic carbocycles. The minimum absolute atomic E-state index is 0.146. The first-order valence-corrected chi connectivity index (χ1v) is 10.3. The van der Waals surface area contributed by atoms with Crippen LogP contribution in [0.2, 0.25) is 5.02 Å². The fourth-order valence-corrected chi connectivity index (χ4v) is 5.33. The van der Waals surface area contributed by atoms with Gasteiger partial charge in [0.25, 0.3) is 0 Å². The zero-order valence-electron chi connectivity index (χ0n) is 16.3. The van der Waals surface area contributed by atoms with Crippen molar-refractivity contribution < 1.29 is 0 Å². The van der Waals surface area contributed by atoms with Crippen LogP contribution in [-0.2, 0) is 12.8 Å². The Labute approximate surface area is 171 Å². The van der Waals surface area contributed by atoms with Crippen LogP contribution in [0.3, 0.4) is 0 Å². The van der Waals surface area contributed by atoms with Crippen LogP contribution in [0.15, 0.2) is 66.7 Å². The molecule has 140 valence electrons. The van der Waals surface area contributed by atoms with E-state index < -0.39 is 0 Å². The first-order valence-electron chi connectivity index (χ1n) is 9.91. The van der Waals surface area contributed by atoms with E-state index in [1.807, 2.05) is 6.07 Å². The third-order valence-electron chi connectivity index (χ3n) is 6.51. The molecule has 4 aromatic rings. The number of benzene rings is 4. The molecule has 0 saturated heterocycles. The summed E-state index contributed by atoms with van der Waals surface area (Å²) in [6, 6.07) is 23.6. The molecule has 1 nitrogen and oxygen atoms in total. The predicted molar refractivity (Wildman–Crippen MR) is 121 cm³/mol. The van der Waals surface area contributed by atoms with Crippen LogP contribution in [0, 0.1) is 5.41 Å². The Morgan fingerprint density at radius 2 is 1.61 bits per heavy atom. The smallest absolute Gasteiger partial charge is 0.0490 e. The van der Waals surface area contributed by atoms with Gasteiger partial charge in [-0.05, 0) is 75.2 Å². The molecule has 28 heavy (non-hydrogen) atoms. The summed E-state index contributed by atoms with van der Waals surface area (Å²) < 4.78 is 0. The Bertz CT molecular complexity index is 1220.